The maximum absolute atomic E-state index is 12.8. The average molecular weight is 492 g/mol. The Bertz CT molecular complexity index is 1170. The number of hydrogen-bond donors (Lipinski definition) is 1. The van der Waals surface area contributed by atoms with Crippen molar-refractivity contribution in [1.29, 1.82) is 0 Å². The maximum Gasteiger partial charge on any atom is 0.348 e. The first kappa shape index (κ1) is 24.7. The number of esters is 2. The number of fused-ring (bicyclic) bond motifs is 1. The van der Waals surface area contributed by atoms with Crippen LogP contribution in [-0.2, 0) is 25.5 Å². The highest BCUT2D eigenvalue weighted by Gasteiger charge is 2.27. The fraction of sp³-hybridized carbons (Fsp3) is 0.364. The Kier molecular flexibility index (Phi) is 8.48. The van der Waals surface area contributed by atoms with Crippen LogP contribution in [0.15, 0.2) is 29.4 Å². The average Bonchev–Trinajstić information content (AvgIpc) is 3.32. The maximum atomic E-state index is 12.8. The normalized spacial score (nSPS) is 10.9. The third kappa shape index (κ3) is 5.55. The molecule has 33 heavy (non-hydrogen) atoms. The number of aromatic nitrogens is 2. The van der Waals surface area contributed by atoms with Gasteiger partial charge in [0.1, 0.15) is 9.88 Å². The van der Waals surface area contributed by atoms with Crippen LogP contribution in [0.3, 0.4) is 0 Å². The van der Waals surface area contributed by atoms with Crippen LogP contribution >= 0.6 is 23.1 Å². The van der Waals surface area contributed by atoms with E-state index in [1.165, 1.54) is 18.9 Å². The fourth-order valence-electron chi connectivity index (χ4n) is 3.19. The van der Waals surface area contributed by atoms with Crippen LogP contribution in [-0.4, -0.2) is 60.6 Å². The van der Waals surface area contributed by atoms with Gasteiger partial charge in [-0.25, -0.2) is 14.6 Å². The van der Waals surface area contributed by atoms with Crippen LogP contribution < -0.4 is 5.32 Å². The van der Waals surface area contributed by atoms with Crippen molar-refractivity contribution in [2.24, 2.45) is 0 Å². The van der Waals surface area contributed by atoms with Gasteiger partial charge in [-0.05, 0) is 31.5 Å². The number of thiophene rings is 1. The van der Waals surface area contributed by atoms with Gasteiger partial charge < -0.3 is 24.1 Å². The molecule has 0 unspecified atom stereocenters. The van der Waals surface area contributed by atoms with E-state index < -0.39 is 11.9 Å². The van der Waals surface area contributed by atoms with Crippen molar-refractivity contribution < 1.29 is 28.6 Å². The highest BCUT2D eigenvalue weighted by molar-refractivity contribution is 7.99. The van der Waals surface area contributed by atoms with E-state index in [-0.39, 0.29) is 33.7 Å². The van der Waals surface area contributed by atoms with E-state index in [0.29, 0.717) is 23.9 Å². The van der Waals surface area contributed by atoms with E-state index in [2.05, 4.69) is 10.3 Å². The standard InChI is InChI=1S/C22H25N3O6S2/c1-5-31-20(27)17-13(2)18(21(28)30-4)33-19(17)24-16(26)12-32-22-23-14-8-6-7-9-15(14)25(22)10-11-29-3/h6-9H,5,10-12H2,1-4H3,(H,24,26). The SMILES string of the molecule is CCOC(=O)c1c(NC(=O)CSc2nc3ccccc3n2CCOC)sc(C(=O)OC)c1C. The van der Waals surface area contributed by atoms with Gasteiger partial charge in [0.25, 0.3) is 0 Å². The minimum absolute atomic E-state index is 0.0586. The topological polar surface area (TPSA) is 109 Å². The summed E-state index contributed by atoms with van der Waals surface area (Å²) in [5.74, 6) is -1.47. The molecule has 11 heteroatoms. The summed E-state index contributed by atoms with van der Waals surface area (Å²) in [6.07, 6.45) is 0. The number of anilines is 1. The zero-order chi connectivity index (χ0) is 24.0. The molecule has 1 amide bonds. The number of rotatable bonds is 10. The summed E-state index contributed by atoms with van der Waals surface area (Å²) in [5, 5.41) is 3.69. The van der Waals surface area contributed by atoms with E-state index in [9.17, 15) is 14.4 Å². The summed E-state index contributed by atoms with van der Waals surface area (Å²) in [6, 6.07) is 7.73. The molecule has 0 saturated carbocycles. The highest BCUT2D eigenvalue weighted by Crippen LogP contribution is 2.34. The lowest BCUT2D eigenvalue weighted by atomic mass is 10.1. The van der Waals surface area contributed by atoms with Crippen molar-refractivity contribution in [3.05, 3.63) is 40.3 Å². The molecule has 1 N–H and O–H groups in total. The molecular weight excluding hydrogens is 466 g/mol. The lowest BCUT2D eigenvalue weighted by Gasteiger charge is -2.09. The Morgan fingerprint density at radius 1 is 1.18 bits per heavy atom. The number of carbonyl (C=O) groups is 3. The van der Waals surface area contributed by atoms with Gasteiger partial charge in [0.2, 0.25) is 5.91 Å². The van der Waals surface area contributed by atoms with Crippen molar-refractivity contribution in [3.63, 3.8) is 0 Å². The second kappa shape index (κ2) is 11.3. The number of ether oxygens (including phenoxy) is 3. The van der Waals surface area contributed by atoms with E-state index in [1.54, 1.807) is 21.0 Å². The Labute approximate surface area is 199 Å². The van der Waals surface area contributed by atoms with Crippen molar-refractivity contribution >= 4 is 57.0 Å². The van der Waals surface area contributed by atoms with Crippen molar-refractivity contribution in [3.8, 4) is 0 Å². The molecule has 0 atom stereocenters. The van der Waals surface area contributed by atoms with Gasteiger partial charge >= 0.3 is 11.9 Å². The molecule has 9 nitrogen and oxygen atoms in total. The lowest BCUT2D eigenvalue weighted by Crippen LogP contribution is -2.17. The van der Waals surface area contributed by atoms with Crippen LogP contribution in [0.2, 0.25) is 0 Å². The van der Waals surface area contributed by atoms with Crippen LogP contribution in [0.5, 0.6) is 0 Å². The van der Waals surface area contributed by atoms with Gasteiger partial charge in [-0.1, -0.05) is 23.9 Å². The fourth-order valence-corrected chi connectivity index (χ4v) is 5.16. The zero-order valence-electron chi connectivity index (χ0n) is 18.8. The third-order valence-corrected chi connectivity index (χ3v) is 6.88. The number of thioether (sulfide) groups is 1. The number of hydrogen-bond acceptors (Lipinski definition) is 9. The quantitative estimate of drug-likeness (QED) is 0.337. The summed E-state index contributed by atoms with van der Waals surface area (Å²) < 4.78 is 17.1. The van der Waals surface area contributed by atoms with Crippen molar-refractivity contribution in [2.45, 2.75) is 25.5 Å². The van der Waals surface area contributed by atoms with Gasteiger partial charge in [0.05, 0.1) is 42.7 Å². The lowest BCUT2D eigenvalue weighted by molar-refractivity contribution is -0.113. The summed E-state index contributed by atoms with van der Waals surface area (Å²) in [7, 11) is 2.89. The predicted octanol–water partition coefficient (Wildman–Crippen LogP) is 3.75. The summed E-state index contributed by atoms with van der Waals surface area (Å²) in [5.41, 5.74) is 2.36. The van der Waals surface area contributed by atoms with Crippen LogP contribution in [0.1, 0.15) is 32.5 Å². The molecule has 0 aliphatic carbocycles. The molecular formula is C22H25N3O6S2. The molecule has 0 aliphatic rings. The minimum atomic E-state index is -0.606. The minimum Gasteiger partial charge on any atom is -0.465 e. The number of methoxy groups -OCH3 is 2. The first-order chi connectivity index (χ1) is 15.9. The molecule has 0 saturated heterocycles. The molecule has 3 rings (SSSR count). The number of imidazole rings is 1. The molecule has 2 heterocycles. The van der Waals surface area contributed by atoms with E-state index in [1.807, 2.05) is 28.8 Å². The first-order valence-electron chi connectivity index (χ1n) is 10.2. The predicted molar refractivity (Wildman–Crippen MR) is 127 cm³/mol. The molecule has 0 fully saturated rings. The molecule has 0 bridgehead atoms. The van der Waals surface area contributed by atoms with Gasteiger partial charge in [-0.15, -0.1) is 11.3 Å². The number of amides is 1. The Morgan fingerprint density at radius 3 is 2.64 bits per heavy atom. The van der Waals surface area contributed by atoms with Crippen LogP contribution in [0.25, 0.3) is 11.0 Å². The molecule has 0 aliphatic heterocycles. The van der Waals surface area contributed by atoms with Gasteiger partial charge in [-0.2, -0.15) is 0 Å². The second-order valence-corrected chi connectivity index (χ2v) is 8.80. The first-order valence-corrected chi connectivity index (χ1v) is 12.0. The van der Waals surface area contributed by atoms with E-state index >= 15 is 0 Å². The monoisotopic (exact) mass is 491 g/mol. The summed E-state index contributed by atoms with van der Waals surface area (Å²) in [6.45, 7) is 4.58. The number of nitrogens with zero attached hydrogens (tertiary/aromatic N) is 2. The van der Waals surface area contributed by atoms with Crippen molar-refractivity contribution in [1.82, 2.24) is 9.55 Å². The van der Waals surface area contributed by atoms with E-state index in [4.69, 9.17) is 14.2 Å². The third-order valence-electron chi connectivity index (χ3n) is 4.72. The molecule has 1 aromatic carbocycles. The molecule has 0 spiro atoms. The molecule has 3 aromatic rings. The second-order valence-electron chi connectivity index (χ2n) is 6.84. The summed E-state index contributed by atoms with van der Waals surface area (Å²) >= 11 is 2.27. The van der Waals surface area contributed by atoms with Gasteiger partial charge in [0.15, 0.2) is 5.16 Å². The highest BCUT2D eigenvalue weighted by atomic mass is 32.2. The van der Waals surface area contributed by atoms with E-state index in [0.717, 1.165) is 22.4 Å². The smallest absolute Gasteiger partial charge is 0.348 e. The largest absolute Gasteiger partial charge is 0.465 e. The van der Waals surface area contributed by atoms with Crippen LogP contribution in [0, 0.1) is 6.92 Å². The van der Waals surface area contributed by atoms with Crippen molar-refractivity contribution in [2.75, 3.05) is 38.5 Å². The number of nitrogens with one attached hydrogen (secondary N) is 1. The Hall–Kier alpha value is -2.89. The Morgan fingerprint density at radius 2 is 1.94 bits per heavy atom. The van der Waals surface area contributed by atoms with Crippen LogP contribution in [0.4, 0.5) is 5.00 Å². The number of benzene rings is 1. The summed E-state index contributed by atoms with van der Waals surface area (Å²) in [4.78, 5) is 42.2. The van der Waals surface area contributed by atoms with Gasteiger partial charge in [-0.3, -0.25) is 4.79 Å². The molecule has 0 radical (unpaired) electrons. The van der Waals surface area contributed by atoms with Gasteiger partial charge in [0, 0.05) is 13.7 Å². The number of carbonyl (C=O) groups excluding carboxylic acids is 3. The Balaban J connectivity index is 1.80. The molecule has 176 valence electrons. The zero-order valence-corrected chi connectivity index (χ0v) is 20.4. The number of para-hydroxylation sites is 2. The molecule has 2 aromatic heterocycles.